The molecule has 6 nitrogen and oxygen atoms in total. The maximum Gasteiger partial charge on any atom is 0.450 e. The number of nitrogens with zero attached hydrogens (tertiary/aromatic N) is 2. The van der Waals surface area contributed by atoms with Crippen LogP contribution in [0.15, 0.2) is 58.0 Å². The summed E-state index contributed by atoms with van der Waals surface area (Å²) < 4.78 is 47.2. The Bertz CT molecular complexity index is 1310. The summed E-state index contributed by atoms with van der Waals surface area (Å²) in [5, 5.41) is 23.1. The molecule has 2 aromatic heterocycles. The molecule has 0 spiro atoms. The molecule has 0 aliphatic heterocycles. The second-order valence-corrected chi connectivity index (χ2v) is 6.46. The number of hydrogen-bond acceptors (Lipinski definition) is 5. The third-order valence-corrected chi connectivity index (χ3v) is 4.41. The third-order valence-electron chi connectivity index (χ3n) is 4.41. The highest BCUT2D eigenvalue weighted by Crippen LogP contribution is 2.40. The number of aromatic nitrogens is 2. The quantitative estimate of drug-likeness (QED) is 0.414. The van der Waals surface area contributed by atoms with Crippen LogP contribution in [-0.2, 0) is 6.18 Å². The van der Waals surface area contributed by atoms with Gasteiger partial charge in [0.05, 0.1) is 22.8 Å². The van der Waals surface area contributed by atoms with Crippen molar-refractivity contribution in [3.8, 4) is 28.3 Å². The van der Waals surface area contributed by atoms with E-state index in [4.69, 9.17) is 4.42 Å². The van der Waals surface area contributed by atoms with Crippen LogP contribution in [0.25, 0.3) is 27.8 Å². The number of alkyl halides is 3. The van der Waals surface area contributed by atoms with E-state index in [1.54, 1.807) is 18.2 Å². The second kappa shape index (κ2) is 8.17. The van der Waals surface area contributed by atoms with Gasteiger partial charge in [-0.3, -0.25) is 4.79 Å². The number of hydrogen-bond donors (Lipinski definition) is 2. The van der Waals surface area contributed by atoms with Crippen molar-refractivity contribution in [1.29, 1.82) is 0 Å². The van der Waals surface area contributed by atoms with Crippen LogP contribution in [0.3, 0.4) is 0 Å². The van der Waals surface area contributed by atoms with Crippen LogP contribution >= 0.6 is 0 Å². The van der Waals surface area contributed by atoms with Crippen molar-refractivity contribution >= 4 is 11.0 Å². The van der Waals surface area contributed by atoms with E-state index in [0.29, 0.717) is 5.69 Å². The molecule has 9 heteroatoms. The highest BCUT2D eigenvalue weighted by atomic mass is 19.4. The molecule has 0 saturated heterocycles. The Morgan fingerprint density at radius 1 is 1.10 bits per heavy atom. The van der Waals surface area contributed by atoms with E-state index < -0.39 is 40.0 Å². The molecule has 0 bridgehead atoms. The van der Waals surface area contributed by atoms with Crippen LogP contribution in [0.2, 0.25) is 0 Å². The van der Waals surface area contributed by atoms with Gasteiger partial charge in [0, 0.05) is 11.8 Å². The van der Waals surface area contributed by atoms with Gasteiger partial charge in [0.1, 0.15) is 0 Å². The van der Waals surface area contributed by atoms with Crippen LogP contribution in [0.5, 0.6) is 11.5 Å². The van der Waals surface area contributed by atoms with Crippen LogP contribution < -0.4 is 5.43 Å². The number of aromatic hydroxyl groups is 2. The summed E-state index contributed by atoms with van der Waals surface area (Å²) in [4.78, 5) is 12.9. The molecule has 2 N–H and O–H groups in total. The first-order valence-corrected chi connectivity index (χ1v) is 9.38. The summed E-state index contributed by atoms with van der Waals surface area (Å²) in [6, 6.07) is 9.22. The van der Waals surface area contributed by atoms with Crippen LogP contribution in [0.1, 0.15) is 25.2 Å². The first-order valence-electron chi connectivity index (χ1n) is 9.38. The molecule has 0 radical (unpaired) electrons. The fraction of sp³-hybridized carbons (Fsp3) is 0.182. The Kier molecular flexibility index (Phi) is 5.79. The smallest absolute Gasteiger partial charge is 0.450 e. The molecular formula is C22H19F3N2O4. The number of phenolic OH excluding ortho intramolecular Hbond substituents is 2. The third kappa shape index (κ3) is 3.98. The zero-order valence-corrected chi connectivity index (χ0v) is 16.9. The molecule has 4 aromatic rings. The molecule has 31 heavy (non-hydrogen) atoms. The van der Waals surface area contributed by atoms with Crippen LogP contribution in [-0.4, -0.2) is 20.0 Å². The van der Waals surface area contributed by atoms with E-state index in [9.17, 15) is 28.2 Å². The van der Waals surface area contributed by atoms with Crippen LogP contribution in [0, 0.1) is 6.92 Å². The van der Waals surface area contributed by atoms with Crippen LogP contribution in [0.4, 0.5) is 13.2 Å². The van der Waals surface area contributed by atoms with Crippen molar-refractivity contribution in [2.24, 2.45) is 0 Å². The fourth-order valence-corrected chi connectivity index (χ4v) is 3.06. The molecule has 2 aromatic carbocycles. The highest BCUT2D eigenvalue weighted by Gasteiger charge is 2.40. The maximum absolute atomic E-state index is 13.7. The SMILES string of the molecule is CC.Cc1cccc(-n2cc(-c3c(C(F)(F)F)oc4c(O)c(O)ccc4c3=O)cn2)c1. The highest BCUT2D eigenvalue weighted by molar-refractivity contribution is 5.88. The number of halogens is 3. The van der Waals surface area contributed by atoms with Crippen molar-refractivity contribution < 1.29 is 27.8 Å². The molecule has 2 heterocycles. The predicted octanol–water partition coefficient (Wildman–Crippen LogP) is 5.41. The lowest BCUT2D eigenvalue weighted by atomic mass is 10.0. The summed E-state index contributed by atoms with van der Waals surface area (Å²) in [5.41, 5.74) is -1.03. The molecule has 4 rings (SSSR count). The number of aryl methyl sites for hydroxylation is 1. The molecule has 0 aliphatic carbocycles. The fourth-order valence-electron chi connectivity index (χ4n) is 3.06. The van der Waals surface area contributed by atoms with Crippen molar-refractivity contribution in [2.75, 3.05) is 0 Å². The Balaban J connectivity index is 0.00000132. The van der Waals surface area contributed by atoms with Crippen molar-refractivity contribution in [1.82, 2.24) is 9.78 Å². The first-order chi connectivity index (χ1) is 14.7. The lowest BCUT2D eigenvalue weighted by Gasteiger charge is -2.12. The Labute approximate surface area is 174 Å². The molecule has 0 saturated carbocycles. The lowest BCUT2D eigenvalue weighted by Crippen LogP contribution is -2.15. The van der Waals surface area contributed by atoms with Gasteiger partial charge in [-0.05, 0) is 36.8 Å². The standard InChI is InChI=1S/C20H13F3N2O4.C2H6/c1-10-3-2-4-12(7-10)25-9-11(8-24-25)15-16(27)13-5-6-14(26)17(28)18(13)29-19(15)20(21,22)23;1-2/h2-9,26,28H,1H3;1-2H3. The van der Waals surface area contributed by atoms with Gasteiger partial charge in [0.2, 0.25) is 16.9 Å². The summed E-state index contributed by atoms with van der Waals surface area (Å²) in [6.07, 6.45) is -2.59. The number of benzene rings is 2. The van der Waals surface area contributed by atoms with Crippen molar-refractivity contribution in [3.05, 3.63) is 70.3 Å². The normalized spacial score (nSPS) is 11.3. The summed E-state index contributed by atoms with van der Waals surface area (Å²) in [6.45, 7) is 5.86. The zero-order chi connectivity index (χ0) is 22.9. The average molecular weight is 432 g/mol. The van der Waals surface area contributed by atoms with E-state index in [1.165, 1.54) is 10.9 Å². The molecule has 162 valence electrons. The first kappa shape index (κ1) is 21.9. The molecule has 0 atom stereocenters. The Hall–Kier alpha value is -3.75. The van der Waals surface area contributed by atoms with Gasteiger partial charge < -0.3 is 14.6 Å². The minimum Gasteiger partial charge on any atom is -0.504 e. The van der Waals surface area contributed by atoms with Gasteiger partial charge in [-0.15, -0.1) is 0 Å². The van der Waals surface area contributed by atoms with E-state index in [2.05, 4.69) is 5.10 Å². The predicted molar refractivity (Wildman–Crippen MR) is 109 cm³/mol. The number of rotatable bonds is 2. The lowest BCUT2D eigenvalue weighted by molar-refractivity contribution is -0.152. The van der Waals surface area contributed by atoms with E-state index in [1.807, 2.05) is 26.8 Å². The zero-order valence-electron chi connectivity index (χ0n) is 16.9. The number of fused-ring (bicyclic) bond motifs is 1. The van der Waals surface area contributed by atoms with Gasteiger partial charge in [0.25, 0.3) is 0 Å². The second-order valence-electron chi connectivity index (χ2n) is 6.46. The van der Waals surface area contributed by atoms with Gasteiger partial charge in [-0.2, -0.15) is 18.3 Å². The van der Waals surface area contributed by atoms with Crippen molar-refractivity contribution in [2.45, 2.75) is 26.9 Å². The molecular weight excluding hydrogens is 413 g/mol. The Morgan fingerprint density at radius 2 is 1.81 bits per heavy atom. The summed E-state index contributed by atoms with van der Waals surface area (Å²) >= 11 is 0. The minimum absolute atomic E-state index is 0.0953. The van der Waals surface area contributed by atoms with E-state index >= 15 is 0 Å². The number of phenols is 2. The Morgan fingerprint density at radius 3 is 2.45 bits per heavy atom. The minimum atomic E-state index is -5.02. The molecule has 0 unspecified atom stereocenters. The van der Waals surface area contributed by atoms with E-state index in [0.717, 1.165) is 23.9 Å². The maximum atomic E-state index is 13.7. The molecule has 0 aliphatic rings. The van der Waals surface area contributed by atoms with Gasteiger partial charge in [0.15, 0.2) is 11.3 Å². The van der Waals surface area contributed by atoms with Gasteiger partial charge in [-0.1, -0.05) is 26.0 Å². The molecule has 0 amide bonds. The summed E-state index contributed by atoms with van der Waals surface area (Å²) in [5.74, 6) is -3.22. The average Bonchev–Trinajstić information content (AvgIpc) is 3.21. The van der Waals surface area contributed by atoms with E-state index in [-0.39, 0.29) is 10.9 Å². The van der Waals surface area contributed by atoms with Gasteiger partial charge in [-0.25, -0.2) is 4.68 Å². The molecule has 0 fully saturated rings. The topological polar surface area (TPSA) is 88.5 Å². The summed E-state index contributed by atoms with van der Waals surface area (Å²) in [7, 11) is 0. The largest absolute Gasteiger partial charge is 0.504 e. The van der Waals surface area contributed by atoms with Gasteiger partial charge >= 0.3 is 6.18 Å². The van der Waals surface area contributed by atoms with Crippen molar-refractivity contribution in [3.63, 3.8) is 0 Å². The monoisotopic (exact) mass is 432 g/mol.